The Balaban J connectivity index is 2.51. The molecule has 0 aromatic carbocycles. The lowest BCUT2D eigenvalue weighted by atomic mass is 10.1. The summed E-state index contributed by atoms with van der Waals surface area (Å²) >= 11 is 0. The molecule has 15 heavy (non-hydrogen) atoms. The number of nitrogens with zero attached hydrogens (tertiary/aromatic N) is 3. The molecule has 0 fully saturated rings. The minimum atomic E-state index is -0.760. The second-order valence-corrected chi connectivity index (χ2v) is 4.01. The van der Waals surface area contributed by atoms with Crippen LogP contribution in [0.3, 0.4) is 0 Å². The van der Waals surface area contributed by atoms with Gasteiger partial charge in [-0.15, -0.1) is 10.2 Å². The summed E-state index contributed by atoms with van der Waals surface area (Å²) in [5, 5.41) is 9.48. The molecule has 0 spiro atoms. The van der Waals surface area contributed by atoms with Crippen LogP contribution in [-0.4, -0.2) is 32.2 Å². The van der Waals surface area contributed by atoms with Crippen molar-refractivity contribution in [2.24, 2.45) is 0 Å². The predicted molar refractivity (Wildman–Crippen MR) is 52.3 cm³/mol. The molecule has 1 aromatic rings. The number of carbonyl (C=O) groups is 2. The third-order valence-electron chi connectivity index (χ3n) is 1.34. The lowest BCUT2D eigenvalue weighted by Crippen LogP contribution is -2.47. The monoisotopic (exact) mass is 211 g/mol. The van der Waals surface area contributed by atoms with Gasteiger partial charge in [-0.25, -0.2) is 4.68 Å². The summed E-state index contributed by atoms with van der Waals surface area (Å²) in [5.74, 6) is -1.46. The lowest BCUT2D eigenvalue weighted by Gasteiger charge is -2.19. The Morgan fingerprint density at radius 1 is 1.13 bits per heavy atom. The third-order valence-corrected chi connectivity index (χ3v) is 1.34. The molecule has 2 N–H and O–H groups in total. The smallest absolute Gasteiger partial charge is 0.328 e. The Bertz CT molecular complexity index is 352. The minimum absolute atomic E-state index is 0.443. The van der Waals surface area contributed by atoms with Crippen LogP contribution in [0.4, 0.5) is 0 Å². The highest BCUT2D eigenvalue weighted by Crippen LogP contribution is 1.97. The molecule has 0 aliphatic carbocycles. The largest absolute Gasteiger partial charge is 0.343 e. The van der Waals surface area contributed by atoms with E-state index in [9.17, 15) is 9.59 Å². The Labute approximate surface area is 86.8 Å². The van der Waals surface area contributed by atoms with E-state index in [1.165, 1.54) is 17.3 Å². The molecule has 1 aromatic heterocycles. The van der Waals surface area contributed by atoms with Gasteiger partial charge in [0.1, 0.15) is 12.7 Å². The van der Waals surface area contributed by atoms with Gasteiger partial charge in [0, 0.05) is 5.54 Å². The van der Waals surface area contributed by atoms with E-state index in [1.54, 1.807) is 20.8 Å². The van der Waals surface area contributed by atoms with Gasteiger partial charge in [0.25, 0.3) is 0 Å². The van der Waals surface area contributed by atoms with Crippen LogP contribution in [0.2, 0.25) is 0 Å². The van der Waals surface area contributed by atoms with Crippen LogP contribution in [0.25, 0.3) is 0 Å². The summed E-state index contributed by atoms with van der Waals surface area (Å²) in [6, 6.07) is 0. The SMILES string of the molecule is CC(C)(C)NC(=O)C(=O)Nn1cnnc1. The van der Waals surface area contributed by atoms with Crippen molar-refractivity contribution in [2.75, 3.05) is 5.43 Å². The van der Waals surface area contributed by atoms with E-state index in [2.05, 4.69) is 20.9 Å². The highest BCUT2D eigenvalue weighted by atomic mass is 16.2. The first-order chi connectivity index (χ1) is 6.88. The first-order valence-electron chi connectivity index (χ1n) is 4.36. The van der Waals surface area contributed by atoms with Crippen LogP contribution in [0.1, 0.15) is 20.8 Å². The molecule has 0 bridgehead atoms. The fourth-order valence-electron chi connectivity index (χ4n) is 0.824. The van der Waals surface area contributed by atoms with Gasteiger partial charge in [-0.1, -0.05) is 0 Å². The van der Waals surface area contributed by atoms with E-state index >= 15 is 0 Å². The fraction of sp³-hybridized carbons (Fsp3) is 0.500. The van der Waals surface area contributed by atoms with Crippen LogP contribution < -0.4 is 10.7 Å². The van der Waals surface area contributed by atoms with Crippen LogP contribution in [-0.2, 0) is 9.59 Å². The van der Waals surface area contributed by atoms with Crippen LogP contribution >= 0.6 is 0 Å². The molecule has 0 unspecified atom stereocenters. The Hall–Kier alpha value is -1.92. The van der Waals surface area contributed by atoms with Gasteiger partial charge in [-0.3, -0.25) is 15.0 Å². The molecule has 2 amide bonds. The zero-order valence-corrected chi connectivity index (χ0v) is 8.81. The van der Waals surface area contributed by atoms with E-state index < -0.39 is 17.4 Å². The standard InChI is InChI=1S/C8H13N5O2/c1-8(2,3)11-6(14)7(15)12-13-4-9-10-5-13/h4-5H,1-3H3,(H,11,14)(H,12,15). The zero-order valence-electron chi connectivity index (χ0n) is 8.81. The summed E-state index contributed by atoms with van der Waals surface area (Å²) in [5.41, 5.74) is 1.84. The Kier molecular flexibility index (Phi) is 3.03. The van der Waals surface area contributed by atoms with Crippen LogP contribution in [0, 0.1) is 0 Å². The van der Waals surface area contributed by atoms with E-state index in [0.717, 1.165) is 0 Å². The molecular formula is C8H13N5O2. The van der Waals surface area contributed by atoms with Crippen molar-refractivity contribution < 1.29 is 9.59 Å². The summed E-state index contributed by atoms with van der Waals surface area (Å²) in [6.45, 7) is 5.37. The maximum atomic E-state index is 11.3. The van der Waals surface area contributed by atoms with Gasteiger partial charge < -0.3 is 5.32 Å². The number of amides is 2. The molecule has 7 nitrogen and oxygen atoms in total. The van der Waals surface area contributed by atoms with Gasteiger partial charge in [0.15, 0.2) is 0 Å². The maximum Gasteiger partial charge on any atom is 0.328 e. The molecule has 0 radical (unpaired) electrons. The minimum Gasteiger partial charge on any atom is -0.343 e. The molecule has 0 atom stereocenters. The van der Waals surface area contributed by atoms with Crippen molar-refractivity contribution in [3.05, 3.63) is 12.7 Å². The number of aromatic nitrogens is 3. The lowest BCUT2D eigenvalue weighted by molar-refractivity contribution is -0.137. The van der Waals surface area contributed by atoms with Crippen molar-refractivity contribution >= 4 is 11.8 Å². The van der Waals surface area contributed by atoms with Crippen molar-refractivity contribution in [1.29, 1.82) is 0 Å². The van der Waals surface area contributed by atoms with Gasteiger partial charge in [0.2, 0.25) is 0 Å². The summed E-state index contributed by atoms with van der Waals surface area (Å²) in [4.78, 5) is 22.6. The zero-order chi connectivity index (χ0) is 11.5. The quantitative estimate of drug-likeness (QED) is 0.599. The number of nitrogens with one attached hydrogen (secondary N) is 2. The third kappa shape index (κ3) is 3.75. The first kappa shape index (κ1) is 11.2. The molecule has 1 heterocycles. The molecule has 0 saturated heterocycles. The van der Waals surface area contributed by atoms with Crippen LogP contribution in [0.15, 0.2) is 12.7 Å². The number of hydrogen-bond donors (Lipinski definition) is 2. The van der Waals surface area contributed by atoms with E-state index in [1.807, 2.05) is 0 Å². The van der Waals surface area contributed by atoms with Crippen molar-refractivity contribution in [1.82, 2.24) is 20.2 Å². The topological polar surface area (TPSA) is 88.9 Å². The average Bonchev–Trinajstić information content (AvgIpc) is 2.53. The van der Waals surface area contributed by atoms with E-state index in [0.29, 0.717) is 0 Å². The molecule has 82 valence electrons. The van der Waals surface area contributed by atoms with Crippen molar-refractivity contribution in [2.45, 2.75) is 26.3 Å². The molecule has 7 heteroatoms. The molecule has 0 aliphatic heterocycles. The first-order valence-corrected chi connectivity index (χ1v) is 4.36. The predicted octanol–water partition coefficient (Wildman–Crippen LogP) is -0.737. The summed E-state index contributed by atoms with van der Waals surface area (Å²) < 4.78 is 1.20. The average molecular weight is 211 g/mol. The number of rotatable bonds is 1. The molecule has 0 aliphatic rings. The molecule has 1 rings (SSSR count). The normalized spacial score (nSPS) is 10.9. The maximum absolute atomic E-state index is 11.3. The second-order valence-electron chi connectivity index (χ2n) is 4.01. The number of carbonyl (C=O) groups excluding carboxylic acids is 2. The second kappa shape index (κ2) is 4.07. The van der Waals surface area contributed by atoms with E-state index in [4.69, 9.17) is 0 Å². The van der Waals surface area contributed by atoms with Crippen molar-refractivity contribution in [3.63, 3.8) is 0 Å². The Morgan fingerprint density at radius 3 is 2.13 bits per heavy atom. The van der Waals surface area contributed by atoms with Gasteiger partial charge in [0.05, 0.1) is 0 Å². The van der Waals surface area contributed by atoms with E-state index in [-0.39, 0.29) is 0 Å². The highest BCUT2D eigenvalue weighted by molar-refractivity contribution is 6.38. The summed E-state index contributed by atoms with van der Waals surface area (Å²) in [6.07, 6.45) is 2.56. The summed E-state index contributed by atoms with van der Waals surface area (Å²) in [7, 11) is 0. The fourth-order valence-corrected chi connectivity index (χ4v) is 0.824. The highest BCUT2D eigenvalue weighted by Gasteiger charge is 2.20. The van der Waals surface area contributed by atoms with Crippen LogP contribution in [0.5, 0.6) is 0 Å². The van der Waals surface area contributed by atoms with Gasteiger partial charge in [-0.05, 0) is 20.8 Å². The van der Waals surface area contributed by atoms with Crippen molar-refractivity contribution in [3.8, 4) is 0 Å². The van der Waals surface area contributed by atoms with Gasteiger partial charge in [-0.2, -0.15) is 0 Å². The number of hydrogen-bond acceptors (Lipinski definition) is 4. The van der Waals surface area contributed by atoms with Gasteiger partial charge >= 0.3 is 11.8 Å². The molecular weight excluding hydrogens is 198 g/mol. The molecule has 0 saturated carbocycles. The Morgan fingerprint density at radius 2 is 1.67 bits per heavy atom.